The molecule has 0 radical (unpaired) electrons. The Labute approximate surface area is 250 Å². The second-order valence-corrected chi connectivity index (χ2v) is 11.1. The lowest BCUT2D eigenvalue weighted by atomic mass is 10.1. The molecule has 0 saturated carbocycles. The zero-order valence-electron chi connectivity index (χ0n) is 21.7. The minimum absolute atomic E-state index is 0.0311. The van der Waals surface area contributed by atoms with Crippen LogP contribution in [0.4, 0.5) is 15.8 Å². The van der Waals surface area contributed by atoms with Crippen LogP contribution in [0.3, 0.4) is 0 Å². The van der Waals surface area contributed by atoms with E-state index in [0.29, 0.717) is 32.5 Å². The van der Waals surface area contributed by atoms with Crippen molar-refractivity contribution >= 4 is 70.1 Å². The first-order chi connectivity index (χ1) is 19.7. The molecule has 1 atom stereocenters. The Kier molecular flexibility index (Phi) is 10.2. The van der Waals surface area contributed by atoms with Gasteiger partial charge >= 0.3 is 0 Å². The van der Waals surface area contributed by atoms with Crippen molar-refractivity contribution in [2.75, 3.05) is 10.6 Å². The number of hydrogen-bond donors (Lipinski definition) is 3. The van der Waals surface area contributed by atoms with Gasteiger partial charge in [-0.05, 0) is 79.2 Å². The summed E-state index contributed by atoms with van der Waals surface area (Å²) >= 11 is 13.3. The lowest BCUT2D eigenvalue weighted by molar-refractivity contribution is -0.115. The smallest absolute Gasteiger partial charge is 0.272 e. The fraction of sp³-hybridized carbons (Fsp3) is 0.0645. The Bertz CT molecular complexity index is 1580. The number of amides is 3. The van der Waals surface area contributed by atoms with Gasteiger partial charge in [-0.3, -0.25) is 14.4 Å². The van der Waals surface area contributed by atoms with Crippen molar-refractivity contribution in [1.82, 2.24) is 5.32 Å². The molecule has 4 rings (SSSR count). The summed E-state index contributed by atoms with van der Waals surface area (Å²) in [6.07, 6.45) is 1.46. The van der Waals surface area contributed by atoms with Crippen molar-refractivity contribution in [3.63, 3.8) is 0 Å². The SMILES string of the molecule is CC(Sc1cccc(NC(=O)/C(=C/c2ccc(F)cc2)NC(=O)c2ccccc2)c1)C(=O)Nc1cc(Cl)cc(Cl)c1. The molecule has 0 saturated heterocycles. The molecule has 0 bridgehead atoms. The highest BCUT2D eigenvalue weighted by Crippen LogP contribution is 2.28. The predicted molar refractivity (Wildman–Crippen MR) is 164 cm³/mol. The third-order valence-corrected chi connectivity index (χ3v) is 7.14. The van der Waals surface area contributed by atoms with Crippen molar-refractivity contribution < 1.29 is 18.8 Å². The van der Waals surface area contributed by atoms with Crippen LogP contribution in [0.25, 0.3) is 6.08 Å². The number of anilines is 2. The van der Waals surface area contributed by atoms with Crippen molar-refractivity contribution in [2.45, 2.75) is 17.1 Å². The minimum atomic E-state index is -0.579. The number of rotatable bonds is 9. The van der Waals surface area contributed by atoms with Crippen molar-refractivity contribution in [3.05, 3.63) is 130 Å². The van der Waals surface area contributed by atoms with E-state index in [1.54, 1.807) is 73.7 Å². The standard InChI is InChI=1S/C31H24Cl2FN3O3S/c1-19(29(38)36-26-16-22(32)15-23(33)17-26)41-27-9-5-8-25(18-27)35-31(40)28(14-20-10-12-24(34)13-11-20)37-30(39)21-6-3-2-4-7-21/h2-19H,1H3,(H,35,40)(H,36,38)(H,37,39)/b28-14-. The highest BCUT2D eigenvalue weighted by molar-refractivity contribution is 8.00. The van der Waals surface area contributed by atoms with Crippen LogP contribution in [-0.4, -0.2) is 23.0 Å². The summed E-state index contributed by atoms with van der Waals surface area (Å²) in [5.74, 6) is -1.73. The number of benzene rings is 4. The molecule has 6 nitrogen and oxygen atoms in total. The largest absolute Gasteiger partial charge is 0.325 e. The normalized spacial score (nSPS) is 11.9. The molecule has 1 unspecified atom stereocenters. The van der Waals surface area contributed by atoms with E-state index in [2.05, 4.69) is 16.0 Å². The molecular formula is C31H24Cl2FN3O3S. The van der Waals surface area contributed by atoms with Crippen molar-refractivity contribution in [1.29, 1.82) is 0 Å². The molecule has 0 heterocycles. The van der Waals surface area contributed by atoms with Gasteiger partial charge in [0.05, 0.1) is 5.25 Å². The average Bonchev–Trinajstić information content (AvgIpc) is 2.94. The summed E-state index contributed by atoms with van der Waals surface area (Å²) in [5.41, 5.74) is 1.80. The zero-order chi connectivity index (χ0) is 29.4. The molecule has 0 fully saturated rings. The third-order valence-electron chi connectivity index (χ3n) is 5.61. The molecule has 41 heavy (non-hydrogen) atoms. The number of thioether (sulfide) groups is 1. The maximum atomic E-state index is 13.4. The molecule has 4 aromatic carbocycles. The number of halogens is 3. The summed E-state index contributed by atoms with van der Waals surface area (Å²) in [6, 6.07) is 25.7. The first-order valence-electron chi connectivity index (χ1n) is 12.3. The Balaban J connectivity index is 1.47. The topological polar surface area (TPSA) is 87.3 Å². The van der Waals surface area contributed by atoms with Gasteiger partial charge in [-0.2, -0.15) is 0 Å². The van der Waals surface area contributed by atoms with E-state index in [-0.39, 0.29) is 11.6 Å². The number of carbonyl (C=O) groups is 3. The van der Waals surface area contributed by atoms with Gasteiger partial charge in [0.15, 0.2) is 0 Å². The first-order valence-corrected chi connectivity index (χ1v) is 14.0. The van der Waals surface area contributed by atoms with Crippen LogP contribution in [0.1, 0.15) is 22.8 Å². The monoisotopic (exact) mass is 607 g/mol. The molecule has 0 aliphatic heterocycles. The van der Waals surface area contributed by atoms with E-state index >= 15 is 0 Å². The zero-order valence-corrected chi connectivity index (χ0v) is 24.0. The lowest BCUT2D eigenvalue weighted by Crippen LogP contribution is -2.30. The predicted octanol–water partition coefficient (Wildman–Crippen LogP) is 7.66. The maximum Gasteiger partial charge on any atom is 0.272 e. The summed E-state index contributed by atoms with van der Waals surface area (Å²) < 4.78 is 13.4. The quantitative estimate of drug-likeness (QED) is 0.135. The number of nitrogens with one attached hydrogen (secondary N) is 3. The van der Waals surface area contributed by atoms with Crippen LogP contribution in [0, 0.1) is 5.82 Å². The van der Waals surface area contributed by atoms with E-state index in [1.807, 2.05) is 6.07 Å². The molecule has 0 aliphatic carbocycles. The van der Waals surface area contributed by atoms with Crippen LogP contribution < -0.4 is 16.0 Å². The van der Waals surface area contributed by atoms with Crippen molar-refractivity contribution in [3.8, 4) is 0 Å². The Morgan fingerprint density at radius 1 is 0.805 bits per heavy atom. The Hall–Kier alpha value is -4.11. The molecular weight excluding hydrogens is 584 g/mol. The van der Waals surface area contributed by atoms with Gasteiger partial charge in [-0.15, -0.1) is 11.8 Å². The number of carbonyl (C=O) groups excluding carboxylic acids is 3. The average molecular weight is 609 g/mol. The van der Waals surface area contributed by atoms with E-state index < -0.39 is 22.9 Å². The third kappa shape index (κ3) is 8.94. The summed E-state index contributed by atoms with van der Waals surface area (Å²) in [5, 5.41) is 8.55. The van der Waals surface area contributed by atoms with Crippen molar-refractivity contribution in [2.24, 2.45) is 0 Å². The van der Waals surface area contributed by atoms with Gasteiger partial charge < -0.3 is 16.0 Å². The highest BCUT2D eigenvalue weighted by Gasteiger charge is 2.18. The van der Waals surface area contributed by atoms with E-state index in [4.69, 9.17) is 23.2 Å². The number of hydrogen-bond acceptors (Lipinski definition) is 4. The second kappa shape index (κ2) is 14.0. The second-order valence-electron chi connectivity index (χ2n) is 8.82. The first kappa shape index (κ1) is 29.9. The maximum absolute atomic E-state index is 13.4. The van der Waals surface area contributed by atoms with Crippen LogP contribution in [0.15, 0.2) is 108 Å². The van der Waals surface area contributed by atoms with Gasteiger partial charge in [0, 0.05) is 31.9 Å². The minimum Gasteiger partial charge on any atom is -0.325 e. The van der Waals surface area contributed by atoms with Gasteiger partial charge in [-0.1, -0.05) is 59.6 Å². The molecule has 4 aromatic rings. The summed E-state index contributed by atoms with van der Waals surface area (Å²) in [7, 11) is 0. The van der Waals surface area contributed by atoms with Gasteiger partial charge in [-0.25, -0.2) is 4.39 Å². The highest BCUT2D eigenvalue weighted by atomic mass is 35.5. The van der Waals surface area contributed by atoms with E-state index in [0.717, 1.165) is 4.90 Å². The van der Waals surface area contributed by atoms with Crippen LogP contribution in [-0.2, 0) is 9.59 Å². The lowest BCUT2D eigenvalue weighted by Gasteiger charge is -2.14. The fourth-order valence-electron chi connectivity index (χ4n) is 3.64. The van der Waals surface area contributed by atoms with Gasteiger partial charge in [0.2, 0.25) is 5.91 Å². The van der Waals surface area contributed by atoms with Crippen LogP contribution in [0.2, 0.25) is 10.0 Å². The van der Waals surface area contributed by atoms with Crippen LogP contribution >= 0.6 is 35.0 Å². The molecule has 3 N–H and O–H groups in total. The van der Waals surface area contributed by atoms with E-state index in [1.165, 1.54) is 42.1 Å². The summed E-state index contributed by atoms with van der Waals surface area (Å²) in [6.45, 7) is 1.75. The molecule has 3 amide bonds. The molecule has 0 aromatic heterocycles. The molecule has 10 heteroatoms. The molecule has 0 aliphatic rings. The molecule has 208 valence electrons. The molecule has 0 spiro atoms. The van der Waals surface area contributed by atoms with Gasteiger partial charge in [0.25, 0.3) is 11.8 Å². The summed E-state index contributed by atoms with van der Waals surface area (Å²) in [4.78, 5) is 39.6. The van der Waals surface area contributed by atoms with Crippen LogP contribution in [0.5, 0.6) is 0 Å². The van der Waals surface area contributed by atoms with Gasteiger partial charge in [0.1, 0.15) is 11.5 Å². The Morgan fingerprint density at radius 3 is 2.17 bits per heavy atom. The fourth-order valence-corrected chi connectivity index (χ4v) is 5.09. The van der Waals surface area contributed by atoms with E-state index in [9.17, 15) is 18.8 Å². The Morgan fingerprint density at radius 2 is 1.49 bits per heavy atom.